The van der Waals surface area contributed by atoms with E-state index in [1.807, 2.05) is 5.38 Å². The minimum absolute atomic E-state index is 0.0942. The smallest absolute Gasteiger partial charge is 0.261 e. The highest BCUT2D eigenvalue weighted by molar-refractivity contribution is 7.89. The zero-order chi connectivity index (χ0) is 13.2. The van der Waals surface area contributed by atoms with Crippen molar-refractivity contribution in [2.24, 2.45) is 7.05 Å². The molecule has 0 atom stereocenters. The van der Waals surface area contributed by atoms with Crippen LogP contribution in [0.4, 0.5) is 0 Å². The quantitative estimate of drug-likeness (QED) is 0.896. The molecule has 0 radical (unpaired) electrons. The van der Waals surface area contributed by atoms with Gasteiger partial charge in [-0.05, 0) is 0 Å². The maximum atomic E-state index is 11.9. The summed E-state index contributed by atoms with van der Waals surface area (Å²) in [6.45, 7) is 0.267. The van der Waals surface area contributed by atoms with Gasteiger partial charge in [-0.2, -0.15) is 0 Å². The summed E-state index contributed by atoms with van der Waals surface area (Å²) < 4.78 is 27.7. The highest BCUT2D eigenvalue weighted by atomic mass is 35.5. The van der Waals surface area contributed by atoms with E-state index in [4.69, 9.17) is 11.6 Å². The fourth-order valence-electron chi connectivity index (χ4n) is 1.31. The molecule has 0 amide bonds. The molecule has 0 aliphatic rings. The highest BCUT2D eigenvalue weighted by Crippen LogP contribution is 2.18. The Morgan fingerprint density at radius 1 is 1.50 bits per heavy atom. The highest BCUT2D eigenvalue weighted by Gasteiger charge is 2.21. The summed E-state index contributed by atoms with van der Waals surface area (Å²) in [7, 11) is -2.03. The first kappa shape index (κ1) is 13.5. The van der Waals surface area contributed by atoms with Crippen molar-refractivity contribution in [3.63, 3.8) is 0 Å². The van der Waals surface area contributed by atoms with Crippen LogP contribution in [0.15, 0.2) is 22.9 Å². The van der Waals surface area contributed by atoms with Crippen LogP contribution in [0, 0.1) is 0 Å². The van der Waals surface area contributed by atoms with Crippen molar-refractivity contribution in [3.8, 4) is 0 Å². The molecule has 98 valence electrons. The Morgan fingerprint density at radius 2 is 2.28 bits per heavy atom. The van der Waals surface area contributed by atoms with Crippen molar-refractivity contribution in [2.75, 3.05) is 6.54 Å². The first-order chi connectivity index (χ1) is 8.50. The molecule has 0 bridgehead atoms. The molecule has 0 aromatic carbocycles. The van der Waals surface area contributed by atoms with Crippen LogP contribution in [-0.4, -0.2) is 29.5 Å². The van der Waals surface area contributed by atoms with Gasteiger partial charge in [0.05, 0.1) is 11.3 Å². The Bertz CT molecular complexity index is 621. The van der Waals surface area contributed by atoms with Gasteiger partial charge in [0.1, 0.15) is 5.15 Å². The number of rotatable bonds is 5. The van der Waals surface area contributed by atoms with Gasteiger partial charge in [-0.3, -0.25) is 0 Å². The predicted octanol–water partition coefficient (Wildman–Crippen LogP) is 1.05. The summed E-state index contributed by atoms with van der Waals surface area (Å²) in [4.78, 5) is 7.84. The molecule has 2 heterocycles. The summed E-state index contributed by atoms with van der Waals surface area (Å²) in [6.07, 6.45) is 3.59. The number of imidazole rings is 1. The number of sulfonamides is 1. The Labute approximate surface area is 114 Å². The van der Waals surface area contributed by atoms with Gasteiger partial charge in [0.2, 0.25) is 5.03 Å². The second-order valence-electron chi connectivity index (χ2n) is 3.53. The topological polar surface area (TPSA) is 76.9 Å². The molecule has 9 heteroatoms. The molecule has 0 spiro atoms. The fourth-order valence-corrected chi connectivity index (χ4v) is 3.39. The van der Waals surface area contributed by atoms with Crippen molar-refractivity contribution in [3.05, 3.63) is 28.1 Å². The first-order valence-corrected chi connectivity index (χ1v) is 7.79. The second kappa shape index (κ2) is 5.35. The lowest BCUT2D eigenvalue weighted by Crippen LogP contribution is -2.26. The lowest BCUT2D eigenvalue weighted by atomic mass is 10.5. The van der Waals surface area contributed by atoms with E-state index in [0.29, 0.717) is 6.42 Å². The van der Waals surface area contributed by atoms with Crippen LogP contribution < -0.4 is 4.72 Å². The third-order valence-electron chi connectivity index (χ3n) is 2.20. The van der Waals surface area contributed by atoms with E-state index >= 15 is 0 Å². The maximum Gasteiger partial charge on any atom is 0.261 e. The van der Waals surface area contributed by atoms with Gasteiger partial charge in [0.15, 0.2) is 0 Å². The van der Waals surface area contributed by atoms with Crippen LogP contribution in [0.25, 0.3) is 0 Å². The average Bonchev–Trinajstić information content (AvgIpc) is 2.91. The standard InChI is InChI=1S/C9H11ClN4O2S2/c1-14-6-12-9(8(14)10)18(15,16)13-3-2-7-11-4-5-17-7/h4-6,13H,2-3H2,1H3. The first-order valence-electron chi connectivity index (χ1n) is 5.05. The van der Waals surface area contributed by atoms with Crippen molar-refractivity contribution >= 4 is 33.0 Å². The second-order valence-corrected chi connectivity index (χ2v) is 6.54. The van der Waals surface area contributed by atoms with Gasteiger partial charge in [0.25, 0.3) is 10.0 Å². The Balaban J connectivity index is 2.02. The summed E-state index contributed by atoms with van der Waals surface area (Å²) in [5, 5.41) is 2.67. The number of nitrogens with zero attached hydrogens (tertiary/aromatic N) is 3. The summed E-state index contributed by atoms with van der Waals surface area (Å²) in [5.74, 6) is 0. The third kappa shape index (κ3) is 2.89. The Hall–Kier alpha value is -0.960. The minimum atomic E-state index is -3.66. The number of thiazole rings is 1. The monoisotopic (exact) mass is 306 g/mol. The van der Waals surface area contributed by atoms with Crippen LogP contribution in [-0.2, 0) is 23.5 Å². The average molecular weight is 307 g/mol. The zero-order valence-corrected chi connectivity index (χ0v) is 11.9. The van der Waals surface area contributed by atoms with E-state index in [1.54, 1.807) is 13.2 Å². The van der Waals surface area contributed by atoms with Gasteiger partial charge < -0.3 is 4.57 Å². The van der Waals surface area contributed by atoms with E-state index in [1.165, 1.54) is 22.2 Å². The van der Waals surface area contributed by atoms with Crippen LogP contribution in [0.2, 0.25) is 5.15 Å². The van der Waals surface area contributed by atoms with E-state index in [-0.39, 0.29) is 16.7 Å². The molecule has 0 fully saturated rings. The molecule has 0 aliphatic heterocycles. The van der Waals surface area contributed by atoms with Gasteiger partial charge in [0, 0.05) is 31.6 Å². The van der Waals surface area contributed by atoms with Crippen LogP contribution in [0.5, 0.6) is 0 Å². The van der Waals surface area contributed by atoms with Crippen molar-refractivity contribution in [1.82, 2.24) is 19.3 Å². The van der Waals surface area contributed by atoms with Gasteiger partial charge >= 0.3 is 0 Å². The molecule has 0 aliphatic carbocycles. The van der Waals surface area contributed by atoms with Crippen molar-refractivity contribution < 1.29 is 8.42 Å². The van der Waals surface area contributed by atoms with Crippen molar-refractivity contribution in [1.29, 1.82) is 0 Å². The number of halogens is 1. The van der Waals surface area contributed by atoms with E-state index < -0.39 is 10.0 Å². The number of hydrogen-bond donors (Lipinski definition) is 1. The predicted molar refractivity (Wildman–Crippen MR) is 69.2 cm³/mol. The van der Waals surface area contributed by atoms with E-state index in [2.05, 4.69) is 14.7 Å². The zero-order valence-electron chi connectivity index (χ0n) is 9.50. The van der Waals surface area contributed by atoms with Gasteiger partial charge in [-0.25, -0.2) is 23.1 Å². The largest absolute Gasteiger partial charge is 0.324 e. The van der Waals surface area contributed by atoms with Crippen LogP contribution in [0.1, 0.15) is 5.01 Å². The van der Waals surface area contributed by atoms with Crippen molar-refractivity contribution in [2.45, 2.75) is 11.4 Å². The fraction of sp³-hybridized carbons (Fsp3) is 0.333. The lowest BCUT2D eigenvalue weighted by molar-refractivity contribution is 0.578. The Morgan fingerprint density at radius 3 is 2.83 bits per heavy atom. The molecule has 2 rings (SSSR count). The van der Waals surface area contributed by atoms with E-state index in [0.717, 1.165) is 5.01 Å². The SMILES string of the molecule is Cn1cnc(S(=O)(=O)NCCc2nccs2)c1Cl. The molecule has 0 saturated carbocycles. The number of aromatic nitrogens is 3. The lowest BCUT2D eigenvalue weighted by Gasteiger charge is -2.03. The minimum Gasteiger partial charge on any atom is -0.324 e. The number of hydrogen-bond acceptors (Lipinski definition) is 5. The summed E-state index contributed by atoms with van der Waals surface area (Å²) in [5.41, 5.74) is 0. The third-order valence-corrected chi connectivity index (χ3v) is 4.99. The normalized spacial score (nSPS) is 11.9. The Kier molecular flexibility index (Phi) is 4.00. The van der Waals surface area contributed by atoms with Crippen LogP contribution in [0.3, 0.4) is 0 Å². The number of nitrogens with one attached hydrogen (secondary N) is 1. The molecule has 1 N–H and O–H groups in total. The molecule has 0 saturated heterocycles. The molecular formula is C9H11ClN4O2S2. The summed E-state index contributed by atoms with van der Waals surface area (Å²) >= 11 is 7.33. The molecule has 18 heavy (non-hydrogen) atoms. The number of aryl methyl sites for hydroxylation is 1. The molecular weight excluding hydrogens is 296 g/mol. The van der Waals surface area contributed by atoms with Gasteiger partial charge in [-0.1, -0.05) is 11.6 Å². The molecule has 0 unspecified atom stereocenters. The van der Waals surface area contributed by atoms with Crippen LogP contribution >= 0.6 is 22.9 Å². The van der Waals surface area contributed by atoms with E-state index in [9.17, 15) is 8.42 Å². The maximum absolute atomic E-state index is 11.9. The molecule has 6 nitrogen and oxygen atoms in total. The molecule has 2 aromatic heterocycles. The molecule has 2 aromatic rings. The van der Waals surface area contributed by atoms with Gasteiger partial charge in [-0.15, -0.1) is 11.3 Å². The summed E-state index contributed by atoms with van der Waals surface area (Å²) in [6, 6.07) is 0.